The summed E-state index contributed by atoms with van der Waals surface area (Å²) < 4.78 is 0. The lowest BCUT2D eigenvalue weighted by Crippen LogP contribution is -2.40. The van der Waals surface area contributed by atoms with Crippen molar-refractivity contribution in [3.63, 3.8) is 0 Å². The van der Waals surface area contributed by atoms with Crippen LogP contribution >= 0.6 is 0 Å². The van der Waals surface area contributed by atoms with Crippen LogP contribution in [0.3, 0.4) is 0 Å². The average Bonchev–Trinajstić information content (AvgIpc) is 3.02. The van der Waals surface area contributed by atoms with Crippen molar-refractivity contribution >= 4 is 0 Å². The highest BCUT2D eigenvalue weighted by Crippen LogP contribution is 2.57. The van der Waals surface area contributed by atoms with Gasteiger partial charge in [-0.05, 0) is 85.0 Å². The minimum absolute atomic E-state index is 0.421. The van der Waals surface area contributed by atoms with Gasteiger partial charge < -0.3 is 5.73 Å². The Bertz CT molecular complexity index is 432. The summed E-state index contributed by atoms with van der Waals surface area (Å²) in [6.45, 7) is 23.1. The van der Waals surface area contributed by atoms with Crippen LogP contribution in [0.2, 0.25) is 0 Å². The second kappa shape index (κ2) is 11.4. The first-order valence-corrected chi connectivity index (χ1v) is 12.9. The van der Waals surface area contributed by atoms with Crippen molar-refractivity contribution in [1.82, 2.24) is 0 Å². The van der Waals surface area contributed by atoms with Crippen molar-refractivity contribution in [2.45, 2.75) is 120 Å². The Morgan fingerprint density at radius 3 is 2.14 bits per heavy atom. The van der Waals surface area contributed by atoms with Crippen LogP contribution in [0.15, 0.2) is 0 Å². The van der Waals surface area contributed by atoms with E-state index in [1.165, 1.54) is 57.8 Å². The molecule has 1 saturated carbocycles. The molecule has 0 amide bonds. The maximum atomic E-state index is 6.10. The van der Waals surface area contributed by atoms with Gasteiger partial charge >= 0.3 is 0 Å². The normalized spacial score (nSPS) is 31.9. The van der Waals surface area contributed by atoms with E-state index in [1.54, 1.807) is 0 Å². The maximum Gasteiger partial charge on any atom is -0.00488 e. The molecule has 1 rings (SSSR count). The fraction of sp³-hybridized carbons (Fsp3) is 1.00. The molecule has 0 bridgehead atoms. The van der Waals surface area contributed by atoms with E-state index < -0.39 is 0 Å². The standard InChI is InChI=1S/C27H55N/c1-10-17-26(8,22(7)21(6)19-28)24(13-4)16-18-27(9)23(12-3)14-15-25(27)20(5)11-2/h20-25H,10-19,28H2,1-9H3. The molecule has 28 heavy (non-hydrogen) atoms. The van der Waals surface area contributed by atoms with E-state index in [4.69, 9.17) is 5.73 Å². The minimum Gasteiger partial charge on any atom is -0.330 e. The molecular weight excluding hydrogens is 338 g/mol. The van der Waals surface area contributed by atoms with Crippen LogP contribution < -0.4 is 5.73 Å². The van der Waals surface area contributed by atoms with Crippen LogP contribution in [0.5, 0.6) is 0 Å². The van der Waals surface area contributed by atoms with Crippen molar-refractivity contribution in [1.29, 1.82) is 0 Å². The molecule has 1 aliphatic carbocycles. The van der Waals surface area contributed by atoms with E-state index in [-0.39, 0.29) is 0 Å². The van der Waals surface area contributed by atoms with Crippen LogP contribution in [-0.2, 0) is 0 Å². The predicted molar refractivity (Wildman–Crippen MR) is 127 cm³/mol. The average molecular weight is 394 g/mol. The summed E-state index contributed by atoms with van der Waals surface area (Å²) >= 11 is 0. The largest absolute Gasteiger partial charge is 0.330 e. The molecule has 1 fully saturated rings. The number of hydrogen-bond donors (Lipinski definition) is 1. The van der Waals surface area contributed by atoms with Gasteiger partial charge in [0.25, 0.3) is 0 Å². The lowest BCUT2D eigenvalue weighted by Gasteiger charge is -2.47. The van der Waals surface area contributed by atoms with Crippen LogP contribution in [0.1, 0.15) is 120 Å². The minimum atomic E-state index is 0.421. The zero-order chi connectivity index (χ0) is 21.5. The Hall–Kier alpha value is -0.0400. The third-order valence-corrected chi connectivity index (χ3v) is 9.94. The summed E-state index contributed by atoms with van der Waals surface area (Å²) in [5, 5.41) is 0. The molecule has 0 saturated heterocycles. The molecule has 2 N–H and O–H groups in total. The van der Waals surface area contributed by atoms with Gasteiger partial charge in [-0.2, -0.15) is 0 Å². The van der Waals surface area contributed by atoms with Gasteiger partial charge in [0, 0.05) is 0 Å². The third kappa shape index (κ3) is 5.35. The molecule has 0 radical (unpaired) electrons. The smallest absolute Gasteiger partial charge is 0.00488 e. The van der Waals surface area contributed by atoms with E-state index >= 15 is 0 Å². The van der Waals surface area contributed by atoms with Gasteiger partial charge in [0.05, 0.1) is 0 Å². The molecule has 0 aromatic rings. The Morgan fingerprint density at radius 2 is 1.68 bits per heavy atom. The van der Waals surface area contributed by atoms with E-state index in [2.05, 4.69) is 62.3 Å². The van der Waals surface area contributed by atoms with Crippen molar-refractivity contribution in [2.75, 3.05) is 6.54 Å². The first-order chi connectivity index (χ1) is 13.2. The third-order valence-electron chi connectivity index (χ3n) is 9.94. The molecule has 0 aromatic heterocycles. The highest BCUT2D eigenvalue weighted by atomic mass is 14.6. The summed E-state index contributed by atoms with van der Waals surface area (Å²) in [7, 11) is 0. The Labute approximate surface area is 179 Å². The predicted octanol–water partition coefficient (Wildman–Crippen LogP) is 8.32. The highest BCUT2D eigenvalue weighted by Gasteiger charge is 2.48. The van der Waals surface area contributed by atoms with Crippen LogP contribution in [0.4, 0.5) is 0 Å². The van der Waals surface area contributed by atoms with E-state index in [0.29, 0.717) is 22.7 Å². The van der Waals surface area contributed by atoms with Gasteiger partial charge in [0.1, 0.15) is 0 Å². The molecule has 1 nitrogen and oxygen atoms in total. The SMILES string of the molecule is CCCC(C)(C(CC)CCC1(C)C(CC)CCC1C(C)CC)C(C)C(C)CN. The fourth-order valence-electron chi connectivity index (χ4n) is 7.30. The van der Waals surface area contributed by atoms with Crippen molar-refractivity contribution < 1.29 is 0 Å². The molecule has 8 atom stereocenters. The van der Waals surface area contributed by atoms with Crippen molar-refractivity contribution in [2.24, 2.45) is 52.1 Å². The quantitative estimate of drug-likeness (QED) is 0.334. The van der Waals surface area contributed by atoms with Gasteiger partial charge in [-0.15, -0.1) is 0 Å². The van der Waals surface area contributed by atoms with E-state index in [0.717, 1.165) is 30.2 Å². The van der Waals surface area contributed by atoms with Crippen molar-refractivity contribution in [3.05, 3.63) is 0 Å². The summed E-state index contributed by atoms with van der Waals surface area (Å²) in [6.07, 6.45) is 12.4. The molecule has 0 aromatic carbocycles. The summed E-state index contributed by atoms with van der Waals surface area (Å²) in [6, 6.07) is 0. The second-order valence-electron chi connectivity index (χ2n) is 11.1. The molecule has 1 heteroatoms. The molecular formula is C27H55N. The van der Waals surface area contributed by atoms with E-state index in [9.17, 15) is 0 Å². The lowest BCUT2D eigenvalue weighted by atomic mass is 9.58. The summed E-state index contributed by atoms with van der Waals surface area (Å²) in [4.78, 5) is 0. The van der Waals surface area contributed by atoms with Gasteiger partial charge in [-0.1, -0.05) is 88.0 Å². The first-order valence-electron chi connectivity index (χ1n) is 12.9. The number of hydrogen-bond acceptors (Lipinski definition) is 1. The Kier molecular flexibility index (Phi) is 10.6. The molecule has 8 unspecified atom stereocenters. The highest BCUT2D eigenvalue weighted by molar-refractivity contribution is 4.98. The lowest BCUT2D eigenvalue weighted by molar-refractivity contribution is 0.0241. The van der Waals surface area contributed by atoms with Crippen LogP contribution in [0, 0.1) is 46.3 Å². The van der Waals surface area contributed by atoms with Gasteiger partial charge in [-0.25, -0.2) is 0 Å². The summed E-state index contributed by atoms with van der Waals surface area (Å²) in [5.74, 6) is 4.87. The van der Waals surface area contributed by atoms with Crippen molar-refractivity contribution in [3.8, 4) is 0 Å². The first kappa shape index (κ1) is 26.0. The van der Waals surface area contributed by atoms with Gasteiger partial charge in [-0.3, -0.25) is 0 Å². The fourth-order valence-corrected chi connectivity index (χ4v) is 7.30. The molecule has 0 aliphatic heterocycles. The summed E-state index contributed by atoms with van der Waals surface area (Å²) in [5.41, 5.74) is 7.08. The van der Waals surface area contributed by atoms with Gasteiger partial charge in [0.2, 0.25) is 0 Å². The zero-order valence-corrected chi connectivity index (χ0v) is 21.1. The van der Waals surface area contributed by atoms with E-state index in [1.807, 2.05) is 0 Å². The zero-order valence-electron chi connectivity index (χ0n) is 21.1. The molecule has 0 heterocycles. The van der Waals surface area contributed by atoms with Crippen LogP contribution in [0.25, 0.3) is 0 Å². The molecule has 168 valence electrons. The Morgan fingerprint density at radius 1 is 1.04 bits per heavy atom. The Balaban J connectivity index is 3.05. The maximum absolute atomic E-state index is 6.10. The molecule has 0 spiro atoms. The number of nitrogens with two attached hydrogens (primary N) is 1. The second-order valence-corrected chi connectivity index (χ2v) is 11.1. The van der Waals surface area contributed by atoms with Gasteiger partial charge in [0.15, 0.2) is 0 Å². The van der Waals surface area contributed by atoms with Crippen LogP contribution in [-0.4, -0.2) is 6.54 Å². The molecule has 1 aliphatic rings. The number of rotatable bonds is 13. The topological polar surface area (TPSA) is 26.0 Å². The monoisotopic (exact) mass is 393 g/mol.